The lowest BCUT2D eigenvalue weighted by atomic mass is 9.84. The first-order chi connectivity index (χ1) is 9.70. The lowest BCUT2D eigenvalue weighted by molar-refractivity contribution is -0.137. The number of hydrogen-bond acceptors (Lipinski definition) is 5. The van der Waals surface area contributed by atoms with E-state index in [1.165, 1.54) is 11.2 Å². The predicted octanol–water partition coefficient (Wildman–Crippen LogP) is 3.61. The van der Waals surface area contributed by atoms with E-state index in [2.05, 4.69) is 22.2 Å². The molecule has 2 aromatic heterocycles. The van der Waals surface area contributed by atoms with Gasteiger partial charge in [-0.25, -0.2) is 9.97 Å². The van der Waals surface area contributed by atoms with Crippen LogP contribution in [-0.2, 0) is 4.79 Å². The fourth-order valence-electron chi connectivity index (χ4n) is 2.21. The number of anilines is 1. The SMILES string of the molecule is Cc1sc2ncnc(NC(CC(=O)O)C(C)(C)C)c2c1C. The van der Waals surface area contributed by atoms with Gasteiger partial charge in [0.15, 0.2) is 0 Å². The lowest BCUT2D eigenvalue weighted by Crippen LogP contribution is -2.36. The summed E-state index contributed by atoms with van der Waals surface area (Å²) < 4.78 is 0. The Morgan fingerprint density at radius 2 is 2.05 bits per heavy atom. The van der Waals surface area contributed by atoms with Crippen LogP contribution in [0.25, 0.3) is 10.2 Å². The molecule has 0 amide bonds. The number of carboxylic acids is 1. The normalized spacial score (nSPS) is 13.4. The number of hydrogen-bond donors (Lipinski definition) is 2. The Balaban J connectivity index is 2.43. The molecule has 1 atom stereocenters. The van der Waals surface area contributed by atoms with E-state index in [-0.39, 0.29) is 17.9 Å². The standard InChI is InChI=1S/C15H21N3O2S/c1-8-9(2)21-14-12(8)13(16-7-17-14)18-10(6-11(19)20)15(3,4)5/h7,10H,6H2,1-5H3,(H,19,20)(H,16,17,18). The van der Waals surface area contributed by atoms with E-state index < -0.39 is 5.97 Å². The van der Waals surface area contributed by atoms with Gasteiger partial charge in [-0.05, 0) is 24.8 Å². The highest BCUT2D eigenvalue weighted by molar-refractivity contribution is 7.18. The number of rotatable bonds is 4. The Morgan fingerprint density at radius 1 is 1.38 bits per heavy atom. The van der Waals surface area contributed by atoms with Crippen molar-refractivity contribution in [3.05, 3.63) is 16.8 Å². The van der Waals surface area contributed by atoms with Gasteiger partial charge in [-0.15, -0.1) is 11.3 Å². The number of aliphatic carboxylic acids is 1. The maximum atomic E-state index is 11.1. The zero-order valence-corrected chi connectivity index (χ0v) is 13.8. The molecule has 5 nitrogen and oxygen atoms in total. The van der Waals surface area contributed by atoms with Crippen molar-refractivity contribution in [1.29, 1.82) is 0 Å². The number of fused-ring (bicyclic) bond motifs is 1. The zero-order chi connectivity index (χ0) is 15.8. The Kier molecular flexibility index (Phi) is 4.18. The lowest BCUT2D eigenvalue weighted by Gasteiger charge is -2.31. The average molecular weight is 307 g/mol. The number of aryl methyl sites for hydroxylation is 2. The summed E-state index contributed by atoms with van der Waals surface area (Å²) in [6.07, 6.45) is 1.58. The quantitative estimate of drug-likeness (QED) is 0.902. The molecule has 0 fully saturated rings. The molecule has 6 heteroatoms. The van der Waals surface area contributed by atoms with Gasteiger partial charge < -0.3 is 10.4 Å². The van der Waals surface area contributed by atoms with Crippen molar-refractivity contribution < 1.29 is 9.90 Å². The largest absolute Gasteiger partial charge is 0.481 e. The van der Waals surface area contributed by atoms with Gasteiger partial charge in [-0.2, -0.15) is 0 Å². The summed E-state index contributed by atoms with van der Waals surface area (Å²) in [6, 6.07) is -0.201. The highest BCUT2D eigenvalue weighted by Gasteiger charge is 2.28. The predicted molar refractivity (Wildman–Crippen MR) is 86.0 cm³/mol. The Bertz CT molecular complexity index is 673. The Morgan fingerprint density at radius 3 is 2.62 bits per heavy atom. The molecule has 0 aromatic carbocycles. The van der Waals surface area contributed by atoms with E-state index in [4.69, 9.17) is 5.11 Å². The maximum absolute atomic E-state index is 11.1. The highest BCUT2D eigenvalue weighted by atomic mass is 32.1. The summed E-state index contributed by atoms with van der Waals surface area (Å²) in [6.45, 7) is 10.2. The fourth-order valence-corrected chi connectivity index (χ4v) is 3.20. The van der Waals surface area contributed by atoms with Crippen LogP contribution in [0.15, 0.2) is 6.33 Å². The van der Waals surface area contributed by atoms with Crippen molar-refractivity contribution in [2.24, 2.45) is 5.41 Å². The molecule has 2 N–H and O–H groups in total. The second kappa shape index (κ2) is 5.60. The average Bonchev–Trinajstić information content (AvgIpc) is 2.63. The number of carbonyl (C=O) groups is 1. The second-order valence-electron chi connectivity index (χ2n) is 6.35. The second-order valence-corrected chi connectivity index (χ2v) is 7.55. The first-order valence-corrected chi connectivity index (χ1v) is 7.71. The maximum Gasteiger partial charge on any atom is 0.305 e. The molecular formula is C15H21N3O2S. The van der Waals surface area contributed by atoms with Crippen LogP contribution in [0.1, 0.15) is 37.6 Å². The Hall–Kier alpha value is -1.69. The first-order valence-electron chi connectivity index (χ1n) is 6.89. The van der Waals surface area contributed by atoms with Gasteiger partial charge in [0.2, 0.25) is 0 Å². The molecule has 2 aromatic rings. The minimum atomic E-state index is -0.814. The molecule has 1 unspecified atom stereocenters. The number of thiophene rings is 1. The summed E-state index contributed by atoms with van der Waals surface area (Å²) in [4.78, 5) is 21.9. The van der Waals surface area contributed by atoms with Crippen LogP contribution < -0.4 is 5.32 Å². The van der Waals surface area contributed by atoms with Gasteiger partial charge in [0.25, 0.3) is 0 Å². The molecule has 0 aliphatic rings. The Labute approximate surface area is 128 Å². The van der Waals surface area contributed by atoms with Crippen LogP contribution in [0.5, 0.6) is 0 Å². The van der Waals surface area contributed by atoms with Crippen molar-refractivity contribution in [2.75, 3.05) is 5.32 Å². The summed E-state index contributed by atoms with van der Waals surface area (Å²) >= 11 is 1.63. The minimum Gasteiger partial charge on any atom is -0.481 e. The summed E-state index contributed by atoms with van der Waals surface area (Å²) in [5.41, 5.74) is 0.968. The molecule has 0 spiro atoms. The van der Waals surface area contributed by atoms with Gasteiger partial charge >= 0.3 is 5.97 Å². The molecule has 0 radical (unpaired) electrons. The van der Waals surface area contributed by atoms with E-state index >= 15 is 0 Å². The number of nitrogens with one attached hydrogen (secondary N) is 1. The topological polar surface area (TPSA) is 75.1 Å². The highest BCUT2D eigenvalue weighted by Crippen LogP contribution is 2.34. The van der Waals surface area contributed by atoms with Gasteiger partial charge in [0, 0.05) is 10.9 Å². The fraction of sp³-hybridized carbons (Fsp3) is 0.533. The zero-order valence-electron chi connectivity index (χ0n) is 13.0. The number of aromatic nitrogens is 2. The van der Waals surface area contributed by atoms with Crippen molar-refractivity contribution in [1.82, 2.24) is 9.97 Å². The van der Waals surface area contributed by atoms with Crippen molar-refractivity contribution in [3.8, 4) is 0 Å². The van der Waals surface area contributed by atoms with E-state index in [0.717, 1.165) is 21.6 Å². The third-order valence-corrected chi connectivity index (χ3v) is 4.82. The minimum absolute atomic E-state index is 0.0527. The van der Waals surface area contributed by atoms with Gasteiger partial charge in [0.1, 0.15) is 17.0 Å². The van der Waals surface area contributed by atoms with E-state index in [9.17, 15) is 4.79 Å². The molecule has 0 aliphatic carbocycles. The third kappa shape index (κ3) is 3.32. The summed E-state index contributed by atoms with van der Waals surface area (Å²) in [5, 5.41) is 13.4. The molecule has 0 aliphatic heterocycles. The van der Waals surface area contributed by atoms with Crippen LogP contribution in [0.2, 0.25) is 0 Å². The van der Waals surface area contributed by atoms with Crippen LogP contribution in [-0.4, -0.2) is 27.1 Å². The first kappa shape index (κ1) is 15.7. The van der Waals surface area contributed by atoms with Crippen molar-refractivity contribution in [2.45, 2.75) is 47.1 Å². The molecule has 0 bridgehead atoms. The van der Waals surface area contributed by atoms with Gasteiger partial charge in [-0.1, -0.05) is 20.8 Å². The van der Waals surface area contributed by atoms with Gasteiger partial charge in [0.05, 0.1) is 11.8 Å². The number of carboxylic acid groups (broad SMARTS) is 1. The van der Waals surface area contributed by atoms with E-state index in [1.54, 1.807) is 11.3 Å². The van der Waals surface area contributed by atoms with Crippen LogP contribution in [0, 0.1) is 19.3 Å². The van der Waals surface area contributed by atoms with Gasteiger partial charge in [-0.3, -0.25) is 4.79 Å². The van der Waals surface area contributed by atoms with E-state index in [1.807, 2.05) is 27.7 Å². The van der Waals surface area contributed by atoms with Crippen LogP contribution in [0.3, 0.4) is 0 Å². The third-order valence-electron chi connectivity index (χ3n) is 3.70. The molecule has 0 saturated heterocycles. The van der Waals surface area contributed by atoms with E-state index in [0.29, 0.717) is 0 Å². The summed E-state index contributed by atoms with van der Waals surface area (Å²) in [7, 11) is 0. The summed E-state index contributed by atoms with van der Waals surface area (Å²) in [5.74, 6) is -0.0889. The molecule has 2 rings (SSSR count). The monoisotopic (exact) mass is 307 g/mol. The molecule has 2 heterocycles. The molecular weight excluding hydrogens is 286 g/mol. The van der Waals surface area contributed by atoms with Crippen LogP contribution in [0.4, 0.5) is 5.82 Å². The van der Waals surface area contributed by atoms with Crippen LogP contribution >= 0.6 is 11.3 Å². The smallest absolute Gasteiger partial charge is 0.305 e. The molecule has 0 saturated carbocycles. The number of nitrogens with zero attached hydrogens (tertiary/aromatic N) is 2. The molecule has 21 heavy (non-hydrogen) atoms. The molecule has 114 valence electrons. The van der Waals surface area contributed by atoms with Crippen molar-refractivity contribution >= 4 is 33.3 Å². The van der Waals surface area contributed by atoms with Crippen molar-refractivity contribution in [3.63, 3.8) is 0 Å².